The van der Waals surface area contributed by atoms with Gasteiger partial charge in [0.2, 0.25) is 0 Å². The van der Waals surface area contributed by atoms with Crippen molar-refractivity contribution in [3.63, 3.8) is 0 Å². The molecule has 1 rings (SSSR count). The van der Waals surface area contributed by atoms with Crippen LogP contribution in [0, 0.1) is 5.92 Å². The van der Waals surface area contributed by atoms with Gasteiger partial charge in [-0.2, -0.15) is 0 Å². The fourth-order valence-corrected chi connectivity index (χ4v) is 1.30. The van der Waals surface area contributed by atoms with E-state index in [2.05, 4.69) is 4.84 Å². The first-order valence-corrected chi connectivity index (χ1v) is 5.21. The predicted octanol–water partition coefficient (Wildman–Crippen LogP) is 1.64. The van der Waals surface area contributed by atoms with Crippen molar-refractivity contribution in [1.29, 1.82) is 0 Å². The van der Waals surface area contributed by atoms with Crippen LogP contribution in [-0.4, -0.2) is 12.1 Å². The number of carbonyl (C=O) groups excluding carboxylic acids is 1. The summed E-state index contributed by atoms with van der Waals surface area (Å²) >= 11 is 0. The summed E-state index contributed by atoms with van der Waals surface area (Å²) in [5.41, 5.74) is 0.940. The Morgan fingerprint density at radius 3 is 2.44 bits per heavy atom. The molecule has 0 saturated heterocycles. The van der Waals surface area contributed by atoms with E-state index in [0.717, 1.165) is 5.56 Å². The van der Waals surface area contributed by atoms with Gasteiger partial charge < -0.3 is 4.74 Å². The summed E-state index contributed by atoms with van der Waals surface area (Å²) < 4.78 is 5.10. The zero-order valence-electron chi connectivity index (χ0n) is 9.55. The van der Waals surface area contributed by atoms with Crippen LogP contribution >= 0.6 is 0 Å². The Balaban J connectivity index is 2.46. The van der Waals surface area contributed by atoms with Crippen LogP contribution in [0.15, 0.2) is 30.3 Å². The minimum atomic E-state index is -0.705. The second-order valence-electron chi connectivity index (χ2n) is 3.89. The zero-order chi connectivity index (χ0) is 12.0. The molecule has 1 atom stereocenters. The fraction of sp³-hybridized carbons (Fsp3) is 0.417. The number of rotatable bonds is 5. The molecule has 0 radical (unpaired) electrons. The lowest BCUT2D eigenvalue weighted by molar-refractivity contribution is -0.162. The third-order valence-corrected chi connectivity index (χ3v) is 2.21. The molecule has 0 spiro atoms. The highest BCUT2D eigenvalue weighted by atomic mass is 16.6. The molecule has 0 aliphatic heterocycles. The molecule has 1 aromatic rings. The number of nitrogens with two attached hydrogens (primary N) is 1. The van der Waals surface area contributed by atoms with Crippen LogP contribution in [-0.2, 0) is 21.0 Å². The molecule has 0 bridgehead atoms. The van der Waals surface area contributed by atoms with Gasteiger partial charge in [-0.05, 0) is 11.5 Å². The molecule has 1 aromatic carbocycles. The van der Waals surface area contributed by atoms with Gasteiger partial charge in [-0.15, -0.1) is 0 Å². The van der Waals surface area contributed by atoms with Gasteiger partial charge in [0.15, 0.2) is 6.10 Å². The average Bonchev–Trinajstić information content (AvgIpc) is 2.28. The fourth-order valence-electron chi connectivity index (χ4n) is 1.30. The highest BCUT2D eigenvalue weighted by Gasteiger charge is 2.23. The Morgan fingerprint density at radius 2 is 1.94 bits per heavy atom. The standard InChI is InChI=1S/C12H17NO3/c1-9(2)11(16-13)12(14)15-8-10-6-4-3-5-7-10/h3-7,9,11H,8,13H2,1-2H3/t11-/m1/s1. The van der Waals surface area contributed by atoms with E-state index >= 15 is 0 Å². The zero-order valence-corrected chi connectivity index (χ0v) is 9.55. The van der Waals surface area contributed by atoms with Gasteiger partial charge >= 0.3 is 5.97 Å². The van der Waals surface area contributed by atoms with E-state index in [1.54, 1.807) is 0 Å². The number of esters is 1. The van der Waals surface area contributed by atoms with Crippen molar-refractivity contribution >= 4 is 5.97 Å². The third-order valence-electron chi connectivity index (χ3n) is 2.21. The Labute approximate surface area is 95.3 Å². The van der Waals surface area contributed by atoms with Gasteiger partial charge in [-0.3, -0.25) is 4.84 Å². The molecule has 0 heterocycles. The molecule has 0 aliphatic rings. The van der Waals surface area contributed by atoms with E-state index in [0.29, 0.717) is 0 Å². The number of ether oxygens (including phenoxy) is 1. The van der Waals surface area contributed by atoms with Crippen LogP contribution in [0.4, 0.5) is 0 Å². The summed E-state index contributed by atoms with van der Waals surface area (Å²) in [4.78, 5) is 16.1. The number of hydrogen-bond acceptors (Lipinski definition) is 4. The molecule has 4 heteroatoms. The molecule has 0 saturated carbocycles. The normalized spacial score (nSPS) is 12.5. The van der Waals surface area contributed by atoms with E-state index in [1.165, 1.54) is 0 Å². The molecular formula is C12H17NO3. The summed E-state index contributed by atoms with van der Waals surface area (Å²) in [6.07, 6.45) is -0.705. The Kier molecular flexibility index (Phi) is 4.95. The van der Waals surface area contributed by atoms with Gasteiger partial charge in [-0.1, -0.05) is 44.2 Å². The van der Waals surface area contributed by atoms with Gasteiger partial charge in [0.1, 0.15) is 6.61 Å². The highest BCUT2D eigenvalue weighted by molar-refractivity contribution is 5.74. The molecule has 16 heavy (non-hydrogen) atoms. The summed E-state index contributed by atoms with van der Waals surface area (Å²) in [6, 6.07) is 9.47. The quantitative estimate of drug-likeness (QED) is 0.609. The molecule has 0 fully saturated rings. The second kappa shape index (κ2) is 6.25. The first kappa shape index (κ1) is 12.7. The monoisotopic (exact) mass is 223 g/mol. The molecule has 4 nitrogen and oxygen atoms in total. The molecular weight excluding hydrogens is 206 g/mol. The molecule has 0 aromatic heterocycles. The Morgan fingerprint density at radius 1 is 1.31 bits per heavy atom. The van der Waals surface area contributed by atoms with Crippen molar-refractivity contribution in [1.82, 2.24) is 0 Å². The van der Waals surface area contributed by atoms with Crippen molar-refractivity contribution in [2.24, 2.45) is 11.8 Å². The summed E-state index contributed by atoms with van der Waals surface area (Å²) in [5, 5.41) is 0. The van der Waals surface area contributed by atoms with Crippen molar-refractivity contribution in [2.75, 3.05) is 0 Å². The largest absolute Gasteiger partial charge is 0.459 e. The maximum Gasteiger partial charge on any atom is 0.337 e. The third kappa shape index (κ3) is 3.64. The van der Waals surface area contributed by atoms with Crippen LogP contribution in [0.25, 0.3) is 0 Å². The SMILES string of the molecule is CC(C)[C@@H](ON)C(=O)OCc1ccccc1. The lowest BCUT2D eigenvalue weighted by Gasteiger charge is -2.16. The van der Waals surface area contributed by atoms with E-state index in [-0.39, 0.29) is 12.5 Å². The average molecular weight is 223 g/mol. The predicted molar refractivity (Wildman–Crippen MR) is 60.1 cm³/mol. The second-order valence-corrected chi connectivity index (χ2v) is 3.89. The molecule has 2 N–H and O–H groups in total. The molecule has 0 amide bonds. The minimum absolute atomic E-state index is 0.00623. The first-order valence-electron chi connectivity index (χ1n) is 5.21. The van der Waals surface area contributed by atoms with E-state index in [1.807, 2.05) is 44.2 Å². The van der Waals surface area contributed by atoms with Crippen molar-refractivity contribution < 1.29 is 14.4 Å². The van der Waals surface area contributed by atoms with Crippen LogP contribution < -0.4 is 5.90 Å². The number of carbonyl (C=O) groups is 1. The van der Waals surface area contributed by atoms with Crippen LogP contribution in [0.2, 0.25) is 0 Å². The van der Waals surface area contributed by atoms with Crippen molar-refractivity contribution in [3.8, 4) is 0 Å². The maximum atomic E-state index is 11.6. The number of benzene rings is 1. The number of hydrogen-bond donors (Lipinski definition) is 1. The van der Waals surface area contributed by atoms with Gasteiger partial charge in [0, 0.05) is 0 Å². The van der Waals surface area contributed by atoms with E-state index < -0.39 is 12.1 Å². The molecule has 0 unspecified atom stereocenters. The smallest absolute Gasteiger partial charge is 0.337 e. The van der Waals surface area contributed by atoms with Crippen molar-refractivity contribution in [2.45, 2.75) is 26.6 Å². The minimum Gasteiger partial charge on any atom is -0.459 e. The Hall–Kier alpha value is -1.39. The van der Waals surface area contributed by atoms with Gasteiger partial charge in [-0.25, -0.2) is 10.7 Å². The van der Waals surface area contributed by atoms with Crippen LogP contribution in [0.1, 0.15) is 19.4 Å². The van der Waals surface area contributed by atoms with E-state index in [4.69, 9.17) is 10.6 Å². The highest BCUT2D eigenvalue weighted by Crippen LogP contribution is 2.08. The lowest BCUT2D eigenvalue weighted by Crippen LogP contribution is -2.33. The Bertz CT molecular complexity index is 324. The van der Waals surface area contributed by atoms with Crippen LogP contribution in [0.5, 0.6) is 0 Å². The lowest BCUT2D eigenvalue weighted by atomic mass is 10.1. The topological polar surface area (TPSA) is 61.5 Å². The summed E-state index contributed by atoms with van der Waals surface area (Å²) in [5.74, 6) is 4.61. The van der Waals surface area contributed by atoms with Gasteiger partial charge in [0.05, 0.1) is 0 Å². The van der Waals surface area contributed by atoms with Crippen LogP contribution in [0.3, 0.4) is 0 Å². The summed E-state index contributed by atoms with van der Waals surface area (Å²) in [7, 11) is 0. The first-order chi connectivity index (χ1) is 7.65. The van der Waals surface area contributed by atoms with Crippen molar-refractivity contribution in [3.05, 3.63) is 35.9 Å². The molecule has 88 valence electrons. The maximum absolute atomic E-state index is 11.6. The summed E-state index contributed by atoms with van der Waals surface area (Å²) in [6.45, 7) is 3.94. The van der Waals surface area contributed by atoms with E-state index in [9.17, 15) is 4.79 Å². The molecule has 0 aliphatic carbocycles. The van der Waals surface area contributed by atoms with Gasteiger partial charge in [0.25, 0.3) is 0 Å².